The fourth-order valence-electron chi connectivity index (χ4n) is 2.98. The zero-order valence-corrected chi connectivity index (χ0v) is 16.8. The Bertz CT molecular complexity index is 1240. The molecule has 2 heterocycles. The number of hydrogen-bond donors (Lipinski definition) is 1. The summed E-state index contributed by atoms with van der Waals surface area (Å²) in [5, 5.41) is 22.5. The number of benzene rings is 2. The molecular weight excluding hydrogens is 380 g/mol. The number of carbonyl (C=O) groups is 1. The van der Waals surface area contributed by atoms with E-state index in [2.05, 4.69) is 11.2 Å². The second-order valence-corrected chi connectivity index (χ2v) is 6.05. The van der Waals surface area contributed by atoms with Crippen LogP contribution in [0.15, 0.2) is 60.9 Å². The molecule has 0 bridgehead atoms. The van der Waals surface area contributed by atoms with Crippen molar-refractivity contribution < 1.29 is 14.6 Å². The predicted molar refractivity (Wildman–Crippen MR) is 113 cm³/mol. The monoisotopic (exact) mass is 400 g/mol. The molecule has 4 rings (SSSR count). The number of nitriles is 1. The van der Waals surface area contributed by atoms with Gasteiger partial charge in [0.2, 0.25) is 0 Å². The summed E-state index contributed by atoms with van der Waals surface area (Å²) in [6.07, 6.45) is 3.52. The lowest BCUT2D eigenvalue weighted by Crippen LogP contribution is -2.01. The summed E-state index contributed by atoms with van der Waals surface area (Å²) in [5.41, 5.74) is 4.46. The van der Waals surface area contributed by atoms with Gasteiger partial charge in [0.1, 0.15) is 11.3 Å². The van der Waals surface area contributed by atoms with Crippen LogP contribution >= 0.6 is 0 Å². The lowest BCUT2D eigenvalue weighted by Gasteiger charge is -2.08. The quantitative estimate of drug-likeness (QED) is 0.534. The Hall–Kier alpha value is -4.18. The SMILES string of the molecule is CC.COc1cc(-c2ccn3ncc(-c4ccc(C#N)cc4)c3n2)ccc1C(=O)O. The third kappa shape index (κ3) is 3.84. The van der Waals surface area contributed by atoms with Crippen LogP contribution in [-0.2, 0) is 0 Å². The van der Waals surface area contributed by atoms with E-state index >= 15 is 0 Å². The van der Waals surface area contributed by atoms with Gasteiger partial charge in [-0.3, -0.25) is 0 Å². The molecule has 7 heteroatoms. The van der Waals surface area contributed by atoms with E-state index < -0.39 is 5.97 Å². The number of methoxy groups -OCH3 is 1. The van der Waals surface area contributed by atoms with Gasteiger partial charge in [-0.05, 0) is 35.9 Å². The first-order valence-corrected chi connectivity index (χ1v) is 9.37. The summed E-state index contributed by atoms with van der Waals surface area (Å²) >= 11 is 0. The van der Waals surface area contributed by atoms with E-state index in [0.29, 0.717) is 16.9 Å². The maximum atomic E-state index is 11.3. The number of aromatic carboxylic acids is 1. The Balaban J connectivity index is 0.00000124. The summed E-state index contributed by atoms with van der Waals surface area (Å²) in [5.74, 6) is -0.779. The van der Waals surface area contributed by atoms with Gasteiger partial charge in [0.15, 0.2) is 5.65 Å². The van der Waals surface area contributed by atoms with Crippen LogP contribution in [0, 0.1) is 11.3 Å². The van der Waals surface area contributed by atoms with Crippen LogP contribution in [-0.4, -0.2) is 32.8 Å². The minimum Gasteiger partial charge on any atom is -0.496 e. The molecule has 2 aromatic heterocycles. The van der Waals surface area contributed by atoms with Gasteiger partial charge in [-0.25, -0.2) is 14.3 Å². The van der Waals surface area contributed by atoms with E-state index in [9.17, 15) is 9.90 Å². The van der Waals surface area contributed by atoms with Gasteiger partial charge < -0.3 is 9.84 Å². The van der Waals surface area contributed by atoms with Gasteiger partial charge in [0.25, 0.3) is 0 Å². The third-order valence-corrected chi connectivity index (χ3v) is 4.42. The number of ether oxygens (including phenoxy) is 1. The van der Waals surface area contributed by atoms with E-state index in [1.165, 1.54) is 13.2 Å². The largest absolute Gasteiger partial charge is 0.496 e. The number of nitrogens with zero attached hydrogens (tertiary/aromatic N) is 4. The van der Waals surface area contributed by atoms with Gasteiger partial charge in [-0.2, -0.15) is 10.4 Å². The second-order valence-electron chi connectivity index (χ2n) is 6.05. The van der Waals surface area contributed by atoms with Gasteiger partial charge >= 0.3 is 5.97 Å². The molecule has 0 saturated carbocycles. The zero-order valence-electron chi connectivity index (χ0n) is 16.8. The van der Waals surface area contributed by atoms with Crippen LogP contribution in [0.3, 0.4) is 0 Å². The molecule has 0 atom stereocenters. The molecule has 30 heavy (non-hydrogen) atoms. The van der Waals surface area contributed by atoms with Crippen molar-refractivity contribution in [1.29, 1.82) is 5.26 Å². The average molecular weight is 400 g/mol. The molecule has 0 amide bonds. The van der Waals surface area contributed by atoms with E-state index in [0.717, 1.165) is 16.7 Å². The maximum absolute atomic E-state index is 11.3. The van der Waals surface area contributed by atoms with E-state index in [1.807, 2.05) is 26.0 Å². The fourth-order valence-corrected chi connectivity index (χ4v) is 2.98. The summed E-state index contributed by atoms with van der Waals surface area (Å²) in [6.45, 7) is 4.00. The summed E-state index contributed by atoms with van der Waals surface area (Å²) < 4.78 is 6.87. The summed E-state index contributed by atoms with van der Waals surface area (Å²) in [7, 11) is 1.43. The molecule has 0 spiro atoms. The first-order valence-electron chi connectivity index (χ1n) is 9.37. The van der Waals surface area contributed by atoms with Gasteiger partial charge in [0, 0.05) is 17.3 Å². The number of rotatable bonds is 4. The van der Waals surface area contributed by atoms with Crippen LogP contribution < -0.4 is 4.74 Å². The zero-order chi connectivity index (χ0) is 21.7. The van der Waals surface area contributed by atoms with E-state index in [-0.39, 0.29) is 11.3 Å². The number of hydrogen-bond acceptors (Lipinski definition) is 5. The molecule has 0 radical (unpaired) electrons. The highest BCUT2D eigenvalue weighted by molar-refractivity contribution is 5.92. The second kappa shape index (κ2) is 8.88. The van der Waals surface area contributed by atoms with Crippen molar-refractivity contribution in [2.45, 2.75) is 13.8 Å². The smallest absolute Gasteiger partial charge is 0.339 e. The molecule has 0 saturated heterocycles. The normalized spacial score (nSPS) is 10.1. The maximum Gasteiger partial charge on any atom is 0.339 e. The molecule has 4 aromatic rings. The van der Waals surface area contributed by atoms with Crippen LogP contribution in [0.4, 0.5) is 0 Å². The van der Waals surface area contributed by atoms with Crippen molar-refractivity contribution in [3.63, 3.8) is 0 Å². The molecule has 0 fully saturated rings. The van der Waals surface area contributed by atoms with Crippen molar-refractivity contribution >= 4 is 11.6 Å². The van der Waals surface area contributed by atoms with Gasteiger partial charge in [0.05, 0.1) is 30.6 Å². The third-order valence-electron chi connectivity index (χ3n) is 4.42. The predicted octanol–water partition coefficient (Wildman–Crippen LogP) is 4.67. The van der Waals surface area contributed by atoms with Crippen LogP contribution in [0.25, 0.3) is 28.0 Å². The lowest BCUT2D eigenvalue weighted by molar-refractivity contribution is 0.0693. The number of aromatic nitrogens is 3. The fraction of sp³-hybridized carbons (Fsp3) is 0.130. The Kier molecular flexibility index (Phi) is 6.08. The first kappa shape index (κ1) is 20.6. The molecule has 7 nitrogen and oxygen atoms in total. The van der Waals surface area contributed by atoms with E-state index in [4.69, 9.17) is 15.0 Å². The van der Waals surface area contributed by atoms with Crippen molar-refractivity contribution in [1.82, 2.24) is 14.6 Å². The van der Waals surface area contributed by atoms with E-state index in [1.54, 1.807) is 47.2 Å². The Morgan fingerprint density at radius 1 is 1.10 bits per heavy atom. The summed E-state index contributed by atoms with van der Waals surface area (Å²) in [4.78, 5) is 16.0. The topological polar surface area (TPSA) is 101 Å². The highest BCUT2D eigenvalue weighted by Crippen LogP contribution is 2.29. The van der Waals surface area contributed by atoms with Gasteiger partial charge in [-0.15, -0.1) is 0 Å². The lowest BCUT2D eigenvalue weighted by atomic mass is 10.1. The van der Waals surface area contributed by atoms with Crippen LogP contribution in [0.1, 0.15) is 29.8 Å². The van der Waals surface area contributed by atoms with Crippen LogP contribution in [0.5, 0.6) is 5.75 Å². The Morgan fingerprint density at radius 2 is 1.80 bits per heavy atom. The molecule has 2 aromatic carbocycles. The highest BCUT2D eigenvalue weighted by Gasteiger charge is 2.14. The Labute approximate surface area is 173 Å². The minimum absolute atomic E-state index is 0.0925. The average Bonchev–Trinajstić information content (AvgIpc) is 3.23. The molecule has 0 aliphatic rings. The van der Waals surface area contributed by atoms with Crippen LogP contribution in [0.2, 0.25) is 0 Å². The standard InChI is InChI=1S/C21H14N4O3.C2H6/c1-28-19-10-15(6-7-16(19)21(26)27)18-8-9-25-20(24-18)17(12-23-25)14-4-2-13(11-22)3-5-14;1-2/h2-10,12H,1H3,(H,26,27);1-2H3. The number of fused-ring (bicyclic) bond motifs is 1. The molecule has 150 valence electrons. The first-order chi connectivity index (χ1) is 14.6. The van der Waals surface area contributed by atoms with Crippen molar-refractivity contribution in [2.75, 3.05) is 7.11 Å². The van der Waals surface area contributed by atoms with Crippen molar-refractivity contribution in [2.24, 2.45) is 0 Å². The van der Waals surface area contributed by atoms with Gasteiger partial charge in [-0.1, -0.05) is 32.0 Å². The number of carboxylic acids is 1. The molecule has 0 unspecified atom stereocenters. The number of carboxylic acid groups (broad SMARTS) is 1. The summed E-state index contributed by atoms with van der Waals surface area (Å²) in [6, 6.07) is 16.0. The Morgan fingerprint density at radius 3 is 2.43 bits per heavy atom. The highest BCUT2D eigenvalue weighted by atomic mass is 16.5. The minimum atomic E-state index is -1.05. The van der Waals surface area contributed by atoms with Crippen molar-refractivity contribution in [3.05, 3.63) is 72.1 Å². The molecule has 0 aliphatic heterocycles. The molecular formula is C23H20N4O3. The van der Waals surface area contributed by atoms with Crippen molar-refractivity contribution in [3.8, 4) is 34.2 Å². The molecule has 1 N–H and O–H groups in total. The molecule has 0 aliphatic carbocycles.